The van der Waals surface area contributed by atoms with Gasteiger partial charge in [-0.05, 0) is 60.7 Å². The topological polar surface area (TPSA) is 116 Å². The maximum Gasteiger partial charge on any atom is 0.254 e. The molecule has 0 aliphatic rings. The third kappa shape index (κ3) is 4.12. The molecule has 2 aromatic carbocycles. The second-order valence-electron chi connectivity index (χ2n) is 8.52. The highest BCUT2D eigenvalue weighted by atomic mass is 79.9. The van der Waals surface area contributed by atoms with Crippen LogP contribution in [0.2, 0.25) is 0 Å². The molecule has 0 unspecified atom stereocenters. The van der Waals surface area contributed by atoms with Gasteiger partial charge >= 0.3 is 0 Å². The summed E-state index contributed by atoms with van der Waals surface area (Å²) in [5, 5.41) is 0.697. The summed E-state index contributed by atoms with van der Waals surface area (Å²) < 4.78 is 38.4. The molecular formula is C28H16BrF2N5O3. The van der Waals surface area contributed by atoms with Crippen LogP contribution in [0.25, 0.3) is 39.0 Å². The van der Waals surface area contributed by atoms with Crippen LogP contribution in [0.4, 0.5) is 8.78 Å². The average Bonchev–Trinajstić information content (AvgIpc) is 3.40. The molecule has 4 aromatic heterocycles. The van der Waals surface area contributed by atoms with E-state index in [1.165, 1.54) is 53.4 Å². The lowest BCUT2D eigenvalue weighted by molar-refractivity contribution is 0.0999. The Bertz CT molecular complexity index is 2000. The number of carbonyl (C=O) groups is 1. The summed E-state index contributed by atoms with van der Waals surface area (Å²) in [6.07, 6.45) is 4.63. The Morgan fingerprint density at radius 2 is 1.79 bits per heavy atom. The summed E-state index contributed by atoms with van der Waals surface area (Å²) in [5.74, 6) is -2.27. The highest BCUT2D eigenvalue weighted by molar-refractivity contribution is 9.10. The molecule has 1 amide bonds. The summed E-state index contributed by atoms with van der Waals surface area (Å²) in [4.78, 5) is 37.5. The zero-order chi connectivity index (χ0) is 27.3. The van der Waals surface area contributed by atoms with E-state index in [0.717, 1.165) is 6.07 Å². The van der Waals surface area contributed by atoms with Crippen molar-refractivity contribution >= 4 is 43.9 Å². The number of carbonyl (C=O) groups excluding carboxylic acids is 1. The molecule has 11 heteroatoms. The van der Waals surface area contributed by atoms with Crippen LogP contribution in [-0.4, -0.2) is 25.4 Å². The van der Waals surface area contributed by atoms with Crippen molar-refractivity contribution in [3.63, 3.8) is 0 Å². The van der Waals surface area contributed by atoms with Gasteiger partial charge in [-0.15, -0.1) is 0 Å². The van der Waals surface area contributed by atoms with Gasteiger partial charge in [0.1, 0.15) is 28.4 Å². The van der Waals surface area contributed by atoms with Crippen LogP contribution >= 0.6 is 15.9 Å². The van der Waals surface area contributed by atoms with Gasteiger partial charge in [0.2, 0.25) is 5.43 Å². The zero-order valence-electron chi connectivity index (χ0n) is 19.8. The molecule has 0 spiro atoms. The number of nitrogens with one attached hydrogen (secondary N) is 1. The molecule has 0 bridgehead atoms. The number of benzene rings is 2. The molecule has 0 atom stereocenters. The number of fused-ring (bicyclic) bond motifs is 2. The Hall–Kier alpha value is -4.90. The number of aromatic nitrogens is 4. The van der Waals surface area contributed by atoms with Crippen LogP contribution < -0.4 is 15.9 Å². The fourth-order valence-electron chi connectivity index (χ4n) is 4.49. The van der Waals surface area contributed by atoms with Crippen LogP contribution in [0.1, 0.15) is 10.4 Å². The highest BCUT2D eigenvalue weighted by Crippen LogP contribution is 2.35. The van der Waals surface area contributed by atoms with E-state index in [1.807, 2.05) is 0 Å². The summed E-state index contributed by atoms with van der Waals surface area (Å²) in [6.45, 7) is 0. The predicted molar refractivity (Wildman–Crippen MR) is 145 cm³/mol. The monoisotopic (exact) mass is 587 g/mol. The Balaban J connectivity index is 1.61. The standard InChI is InChI=1S/C28H16BrF2N5O3/c29-15-4-5-20(18(30)13-15)36-24(23(26(32)38)25(37)17-2-1-9-35-28(17)36)14-3-6-22(19(31)12-14)39-21-8-11-34-27-16(21)7-10-33-27/h1-13H,(H2,32,38)(H,33,34). The number of H-pyrrole nitrogens is 1. The van der Waals surface area contributed by atoms with Gasteiger partial charge in [0.15, 0.2) is 11.6 Å². The fourth-order valence-corrected chi connectivity index (χ4v) is 4.82. The van der Waals surface area contributed by atoms with Crippen molar-refractivity contribution in [2.75, 3.05) is 0 Å². The van der Waals surface area contributed by atoms with E-state index in [4.69, 9.17) is 10.5 Å². The highest BCUT2D eigenvalue weighted by Gasteiger charge is 2.26. The number of aromatic amines is 1. The second kappa shape index (κ2) is 9.44. The SMILES string of the molecule is NC(=O)c1c(-c2ccc(Oc3ccnc4[nH]ccc34)c(F)c2)n(-c2ccc(Br)cc2F)c2ncccc2c1=O. The lowest BCUT2D eigenvalue weighted by Crippen LogP contribution is -2.27. The molecule has 3 N–H and O–H groups in total. The zero-order valence-corrected chi connectivity index (χ0v) is 21.4. The van der Waals surface area contributed by atoms with Crippen molar-refractivity contribution in [3.05, 3.63) is 111 Å². The number of nitrogens with two attached hydrogens (primary N) is 1. The minimum Gasteiger partial charge on any atom is -0.453 e. The van der Waals surface area contributed by atoms with E-state index in [1.54, 1.807) is 24.4 Å². The van der Waals surface area contributed by atoms with E-state index in [0.29, 0.717) is 21.3 Å². The van der Waals surface area contributed by atoms with Gasteiger partial charge in [0.25, 0.3) is 5.91 Å². The van der Waals surface area contributed by atoms with Gasteiger partial charge in [-0.1, -0.05) is 15.9 Å². The lowest BCUT2D eigenvalue weighted by Gasteiger charge is -2.20. The smallest absolute Gasteiger partial charge is 0.254 e. The molecule has 6 rings (SSSR count). The third-order valence-electron chi connectivity index (χ3n) is 6.17. The number of pyridine rings is 3. The van der Waals surface area contributed by atoms with Gasteiger partial charge in [0, 0.05) is 28.6 Å². The molecule has 0 saturated carbocycles. The van der Waals surface area contributed by atoms with Crippen molar-refractivity contribution in [3.8, 4) is 28.4 Å². The Kier molecular flexibility index (Phi) is 5.92. The molecule has 0 aliphatic heterocycles. The summed E-state index contributed by atoms with van der Waals surface area (Å²) >= 11 is 3.23. The normalized spacial score (nSPS) is 11.3. The number of halogens is 3. The maximum atomic E-state index is 15.5. The number of amides is 1. The molecule has 6 aromatic rings. The second-order valence-corrected chi connectivity index (χ2v) is 9.43. The van der Waals surface area contributed by atoms with E-state index in [9.17, 15) is 9.59 Å². The van der Waals surface area contributed by atoms with Crippen molar-refractivity contribution in [2.45, 2.75) is 0 Å². The van der Waals surface area contributed by atoms with Crippen LogP contribution in [-0.2, 0) is 0 Å². The summed E-state index contributed by atoms with van der Waals surface area (Å²) in [7, 11) is 0. The average molecular weight is 588 g/mol. The van der Waals surface area contributed by atoms with Crippen molar-refractivity contribution in [1.82, 2.24) is 19.5 Å². The van der Waals surface area contributed by atoms with Crippen molar-refractivity contribution < 1.29 is 18.3 Å². The van der Waals surface area contributed by atoms with Gasteiger partial charge in [0.05, 0.1) is 22.2 Å². The molecule has 8 nitrogen and oxygen atoms in total. The van der Waals surface area contributed by atoms with Crippen LogP contribution in [0.15, 0.2) is 88.5 Å². The third-order valence-corrected chi connectivity index (χ3v) is 6.67. The molecule has 0 aliphatic carbocycles. The van der Waals surface area contributed by atoms with Crippen molar-refractivity contribution in [2.24, 2.45) is 5.73 Å². The van der Waals surface area contributed by atoms with Gasteiger partial charge in [-0.2, -0.15) is 0 Å². The number of nitrogens with zero attached hydrogens (tertiary/aromatic N) is 3. The Morgan fingerprint density at radius 1 is 0.949 bits per heavy atom. The molecule has 4 heterocycles. The van der Waals surface area contributed by atoms with E-state index >= 15 is 8.78 Å². The first-order valence-corrected chi connectivity index (χ1v) is 12.3. The molecule has 192 valence electrons. The quantitative estimate of drug-likeness (QED) is 0.262. The van der Waals surface area contributed by atoms with E-state index in [2.05, 4.69) is 30.9 Å². The Labute approximate surface area is 226 Å². The van der Waals surface area contributed by atoms with Gasteiger partial charge in [-0.3, -0.25) is 14.2 Å². The maximum absolute atomic E-state index is 15.5. The molecule has 0 radical (unpaired) electrons. The largest absolute Gasteiger partial charge is 0.453 e. The number of hydrogen-bond acceptors (Lipinski definition) is 5. The van der Waals surface area contributed by atoms with Crippen LogP contribution in [0.5, 0.6) is 11.5 Å². The predicted octanol–water partition coefficient (Wildman–Crippen LogP) is 5.86. The first kappa shape index (κ1) is 24.4. The van der Waals surface area contributed by atoms with Crippen LogP contribution in [0.3, 0.4) is 0 Å². The molecule has 39 heavy (non-hydrogen) atoms. The minimum absolute atomic E-state index is 0.0215. The summed E-state index contributed by atoms with van der Waals surface area (Å²) in [5.41, 5.74) is 5.11. The minimum atomic E-state index is -1.06. The summed E-state index contributed by atoms with van der Waals surface area (Å²) in [6, 6.07) is 14.5. The number of primary amides is 1. The van der Waals surface area contributed by atoms with Gasteiger partial charge in [-0.25, -0.2) is 18.7 Å². The number of ether oxygens (including phenoxy) is 1. The first-order chi connectivity index (χ1) is 18.8. The van der Waals surface area contributed by atoms with Gasteiger partial charge < -0.3 is 15.5 Å². The first-order valence-electron chi connectivity index (χ1n) is 11.5. The fraction of sp³-hybridized carbons (Fsp3) is 0. The molecular weight excluding hydrogens is 572 g/mol. The molecule has 0 fully saturated rings. The van der Waals surface area contributed by atoms with Crippen molar-refractivity contribution in [1.29, 1.82) is 0 Å². The van der Waals surface area contributed by atoms with Crippen LogP contribution in [0, 0.1) is 11.6 Å². The van der Waals surface area contributed by atoms with E-state index < -0.39 is 28.5 Å². The van der Waals surface area contributed by atoms with E-state index in [-0.39, 0.29) is 33.7 Å². The Morgan fingerprint density at radius 3 is 2.56 bits per heavy atom. The lowest BCUT2D eigenvalue weighted by atomic mass is 10.0. The number of hydrogen-bond donors (Lipinski definition) is 2. The molecule has 0 saturated heterocycles. The number of rotatable bonds is 5.